The molecule has 2 aliphatic rings. The molecular weight excluding hydrogens is 426 g/mol. The first-order valence-corrected chi connectivity index (χ1v) is 9.86. The molecule has 0 saturated carbocycles. The molecule has 12 heteroatoms. The van der Waals surface area contributed by atoms with Crippen molar-refractivity contribution >= 4 is 40.4 Å². The molecule has 1 unspecified atom stereocenters. The number of nitrogens with two attached hydrogens (primary N) is 1. The Labute approximate surface area is 178 Å². The van der Waals surface area contributed by atoms with E-state index in [1.165, 1.54) is 22.9 Å². The lowest BCUT2D eigenvalue weighted by atomic mass is 10.1. The molecule has 1 amide bonds. The summed E-state index contributed by atoms with van der Waals surface area (Å²) in [5.74, 6) is -0.199. The highest BCUT2D eigenvalue weighted by Gasteiger charge is 2.26. The Bertz CT molecular complexity index is 1310. The number of nitrogens with one attached hydrogen (secondary N) is 1. The minimum absolute atomic E-state index is 0.0777. The van der Waals surface area contributed by atoms with E-state index in [4.69, 9.17) is 10.5 Å². The topological polar surface area (TPSA) is 163 Å². The fourth-order valence-electron chi connectivity index (χ4n) is 3.19. The molecular formula is C19H15N5O6S. The maximum atomic E-state index is 12.2. The molecule has 1 aromatic carbocycles. The van der Waals surface area contributed by atoms with Crippen LogP contribution in [0.4, 0.5) is 5.69 Å². The molecule has 3 N–H and O–H groups in total. The van der Waals surface area contributed by atoms with Crippen LogP contribution in [0.3, 0.4) is 0 Å². The van der Waals surface area contributed by atoms with Gasteiger partial charge in [0, 0.05) is 18.7 Å². The van der Waals surface area contributed by atoms with E-state index in [2.05, 4.69) is 9.98 Å². The fourth-order valence-corrected chi connectivity index (χ4v) is 3.86. The van der Waals surface area contributed by atoms with Gasteiger partial charge in [0.25, 0.3) is 17.2 Å². The molecule has 2 aromatic rings. The average molecular weight is 441 g/mol. The lowest BCUT2D eigenvalue weighted by Crippen LogP contribution is -2.33. The first-order valence-electron chi connectivity index (χ1n) is 9.04. The monoisotopic (exact) mass is 441 g/mol. The van der Waals surface area contributed by atoms with E-state index in [-0.39, 0.29) is 27.9 Å². The number of carbonyl (C=O) groups is 1. The third-order valence-electron chi connectivity index (χ3n) is 4.59. The predicted octanol–water partition coefficient (Wildman–Crippen LogP) is 1.20. The number of nitro groups is 1. The van der Waals surface area contributed by atoms with Crippen molar-refractivity contribution < 1.29 is 14.5 Å². The summed E-state index contributed by atoms with van der Waals surface area (Å²) < 4.78 is 7.08. The van der Waals surface area contributed by atoms with Crippen LogP contribution >= 0.6 is 11.8 Å². The highest BCUT2D eigenvalue weighted by molar-refractivity contribution is 8.18. The zero-order valence-corrected chi connectivity index (χ0v) is 16.6. The van der Waals surface area contributed by atoms with Crippen LogP contribution in [0.1, 0.15) is 17.5 Å². The zero-order valence-electron chi connectivity index (χ0n) is 15.8. The van der Waals surface area contributed by atoms with E-state index >= 15 is 0 Å². The van der Waals surface area contributed by atoms with Crippen molar-refractivity contribution in [3.05, 3.63) is 83.5 Å². The van der Waals surface area contributed by atoms with Gasteiger partial charge in [0.1, 0.15) is 11.9 Å². The summed E-state index contributed by atoms with van der Waals surface area (Å²) in [4.78, 5) is 52.8. The SMILES string of the molecule is NC1=NC(=O)/C(=C/c2cn(CC3CC=C(c4ccccc4[N+](=O)[O-])O3)c(=O)[nH]c2=O)S1. The minimum atomic E-state index is -0.654. The number of carbonyl (C=O) groups excluding carboxylic acids is 1. The van der Waals surface area contributed by atoms with E-state index in [1.54, 1.807) is 24.3 Å². The first kappa shape index (κ1) is 20.3. The van der Waals surface area contributed by atoms with Crippen molar-refractivity contribution in [2.24, 2.45) is 10.7 Å². The van der Waals surface area contributed by atoms with Gasteiger partial charge in [-0.1, -0.05) is 12.1 Å². The molecule has 0 bridgehead atoms. The van der Waals surface area contributed by atoms with Crippen LogP contribution in [0.2, 0.25) is 0 Å². The number of para-hydroxylation sites is 1. The van der Waals surface area contributed by atoms with Gasteiger partial charge < -0.3 is 10.5 Å². The van der Waals surface area contributed by atoms with Crippen molar-refractivity contribution in [2.75, 3.05) is 0 Å². The Balaban J connectivity index is 1.54. The summed E-state index contributed by atoms with van der Waals surface area (Å²) in [5, 5.41) is 11.3. The van der Waals surface area contributed by atoms with Crippen LogP contribution in [0, 0.1) is 10.1 Å². The summed E-state index contributed by atoms with van der Waals surface area (Å²) in [6.07, 6.45) is 4.31. The lowest BCUT2D eigenvalue weighted by Gasteiger charge is -2.15. The van der Waals surface area contributed by atoms with Gasteiger partial charge in [-0.2, -0.15) is 4.99 Å². The number of amides is 1. The predicted molar refractivity (Wildman–Crippen MR) is 114 cm³/mol. The highest BCUT2D eigenvalue weighted by Crippen LogP contribution is 2.32. The van der Waals surface area contributed by atoms with Crippen LogP contribution in [0.5, 0.6) is 0 Å². The van der Waals surface area contributed by atoms with Crippen LogP contribution in [-0.4, -0.2) is 31.7 Å². The van der Waals surface area contributed by atoms with Gasteiger partial charge in [-0.3, -0.25) is 29.3 Å². The van der Waals surface area contributed by atoms with Gasteiger partial charge in [0.15, 0.2) is 5.17 Å². The number of nitrogens with zero attached hydrogens (tertiary/aromatic N) is 3. The zero-order chi connectivity index (χ0) is 22.1. The third kappa shape index (κ3) is 4.19. The van der Waals surface area contributed by atoms with Crippen LogP contribution in [-0.2, 0) is 16.1 Å². The Kier molecular flexibility index (Phi) is 5.29. The van der Waals surface area contributed by atoms with Gasteiger partial charge in [0.2, 0.25) is 0 Å². The van der Waals surface area contributed by atoms with Crippen molar-refractivity contribution in [1.82, 2.24) is 9.55 Å². The number of aliphatic imine (C=N–C) groups is 1. The number of aromatic amines is 1. The summed E-state index contributed by atoms with van der Waals surface area (Å²) >= 11 is 0.933. The van der Waals surface area contributed by atoms with Gasteiger partial charge in [0.05, 0.1) is 27.5 Å². The molecule has 3 heterocycles. The van der Waals surface area contributed by atoms with Crippen molar-refractivity contribution in [1.29, 1.82) is 0 Å². The summed E-state index contributed by atoms with van der Waals surface area (Å²) in [5.41, 5.74) is 4.57. The Morgan fingerprint density at radius 2 is 2.13 bits per heavy atom. The number of thioether (sulfide) groups is 1. The van der Waals surface area contributed by atoms with E-state index in [0.29, 0.717) is 17.7 Å². The smallest absolute Gasteiger partial charge is 0.328 e. The Morgan fingerprint density at radius 1 is 1.35 bits per heavy atom. The maximum absolute atomic E-state index is 12.2. The van der Waals surface area contributed by atoms with Crippen molar-refractivity contribution in [2.45, 2.75) is 19.1 Å². The number of nitro benzene ring substituents is 1. The molecule has 31 heavy (non-hydrogen) atoms. The van der Waals surface area contributed by atoms with Gasteiger partial charge in [-0.15, -0.1) is 0 Å². The Morgan fingerprint density at radius 3 is 2.84 bits per heavy atom. The number of benzene rings is 1. The number of H-pyrrole nitrogens is 1. The number of rotatable bonds is 5. The van der Waals surface area contributed by atoms with Gasteiger partial charge >= 0.3 is 5.69 Å². The molecule has 158 valence electrons. The summed E-state index contributed by atoms with van der Waals surface area (Å²) in [6, 6.07) is 6.21. The second kappa shape index (κ2) is 8.07. The average Bonchev–Trinajstić information content (AvgIpc) is 3.31. The maximum Gasteiger partial charge on any atom is 0.328 e. The molecule has 4 rings (SSSR count). The van der Waals surface area contributed by atoms with E-state index in [1.807, 2.05) is 0 Å². The summed E-state index contributed by atoms with van der Waals surface area (Å²) in [6.45, 7) is 0.0894. The molecule has 1 aromatic heterocycles. The van der Waals surface area contributed by atoms with Crippen LogP contribution < -0.4 is 17.0 Å². The lowest BCUT2D eigenvalue weighted by molar-refractivity contribution is -0.385. The molecule has 1 atom stereocenters. The second-order valence-electron chi connectivity index (χ2n) is 6.68. The number of amidine groups is 1. The number of hydrogen-bond acceptors (Lipinski definition) is 8. The van der Waals surface area contributed by atoms with Crippen LogP contribution in [0.25, 0.3) is 11.8 Å². The molecule has 2 aliphatic heterocycles. The van der Waals surface area contributed by atoms with E-state index < -0.39 is 28.2 Å². The molecule has 0 saturated heterocycles. The van der Waals surface area contributed by atoms with Gasteiger partial charge in [-0.25, -0.2) is 4.79 Å². The van der Waals surface area contributed by atoms with Crippen LogP contribution in [0.15, 0.2) is 56.0 Å². The van der Waals surface area contributed by atoms with Crippen molar-refractivity contribution in [3.8, 4) is 0 Å². The normalized spacial score (nSPS) is 19.3. The standard InChI is InChI=1S/C19H15N5O6S/c20-18-21-17(26)15(31-18)7-10-8-23(19(27)22-16(10)25)9-11-5-6-14(30-11)12-3-1-2-4-13(12)24(28)29/h1-4,6-8,11H,5,9H2,(H2,20,21,26)(H,22,25,27)/b15-7-. The number of ether oxygens (including phenoxy) is 1. The molecule has 11 nitrogen and oxygen atoms in total. The Hall–Kier alpha value is -3.93. The number of aromatic nitrogens is 2. The van der Waals surface area contributed by atoms with Crippen molar-refractivity contribution in [3.63, 3.8) is 0 Å². The van der Waals surface area contributed by atoms with Gasteiger partial charge in [-0.05, 0) is 30.0 Å². The van der Waals surface area contributed by atoms with E-state index in [0.717, 1.165) is 11.8 Å². The molecule has 0 aliphatic carbocycles. The minimum Gasteiger partial charge on any atom is -0.488 e. The fraction of sp³-hybridized carbons (Fsp3) is 0.158. The third-order valence-corrected chi connectivity index (χ3v) is 5.40. The second-order valence-corrected chi connectivity index (χ2v) is 7.74. The molecule has 0 radical (unpaired) electrons. The first-order chi connectivity index (χ1) is 14.8. The molecule has 0 fully saturated rings. The quantitative estimate of drug-likeness (QED) is 0.397. The molecule has 0 spiro atoms. The highest BCUT2D eigenvalue weighted by atomic mass is 32.2. The van der Waals surface area contributed by atoms with E-state index in [9.17, 15) is 24.5 Å². The number of hydrogen-bond donors (Lipinski definition) is 2. The largest absolute Gasteiger partial charge is 0.488 e. The summed E-state index contributed by atoms with van der Waals surface area (Å²) in [7, 11) is 0.